The third-order valence-corrected chi connectivity index (χ3v) is 9.96. The summed E-state index contributed by atoms with van der Waals surface area (Å²) in [7, 11) is 0. The smallest absolute Gasteiger partial charge is 0.258 e. The molecule has 0 aliphatic rings. The average Bonchev–Trinajstić information content (AvgIpc) is 3.72. The van der Waals surface area contributed by atoms with Crippen molar-refractivity contribution in [2.45, 2.75) is 47.9 Å². The first-order chi connectivity index (χ1) is 32.6. The molecule has 5 rings (SSSR count). The van der Waals surface area contributed by atoms with Gasteiger partial charge in [0.1, 0.15) is 11.4 Å². The molecule has 1 heterocycles. The van der Waals surface area contributed by atoms with Gasteiger partial charge in [-0.2, -0.15) is 79.0 Å². The molecule has 1 aromatic heterocycles. The van der Waals surface area contributed by atoms with Crippen molar-refractivity contribution in [3.8, 4) is 29.3 Å². The van der Waals surface area contributed by atoms with Gasteiger partial charge in [0.05, 0.1) is 41.8 Å². The molecule has 2 unspecified atom stereocenters. The summed E-state index contributed by atoms with van der Waals surface area (Å²) in [5.74, 6) is -13.7. The lowest BCUT2D eigenvalue weighted by molar-refractivity contribution is -0.389. The van der Waals surface area contributed by atoms with Crippen molar-refractivity contribution in [3.05, 3.63) is 146 Å². The lowest BCUT2D eigenvalue weighted by Crippen LogP contribution is -2.59. The Bertz CT molecular complexity index is 2950. The molecular weight excluding hydrogens is 1130 g/mol. The fourth-order valence-corrected chi connectivity index (χ4v) is 6.61. The maximum absolute atomic E-state index is 14.7. The number of nitro benzene ring substituents is 2. The van der Waals surface area contributed by atoms with Crippen molar-refractivity contribution in [1.29, 1.82) is 0 Å². The van der Waals surface area contributed by atoms with Crippen LogP contribution in [-0.4, -0.2) is 61.4 Å². The quantitative estimate of drug-likeness (QED) is 0.0271. The third-order valence-electron chi connectivity index (χ3n) is 8.80. The van der Waals surface area contributed by atoms with Gasteiger partial charge in [-0.3, -0.25) is 20.2 Å². The van der Waals surface area contributed by atoms with E-state index in [1.807, 2.05) is 0 Å². The van der Waals surface area contributed by atoms with Crippen molar-refractivity contribution >= 4 is 63.5 Å². The first kappa shape index (κ1) is 59.8. The van der Waals surface area contributed by atoms with Crippen LogP contribution in [0.25, 0.3) is 27.4 Å². The van der Waals surface area contributed by atoms with Gasteiger partial charge in [0.2, 0.25) is 11.6 Å². The SMILES string of the molecule is C#Cc1ccc(F)c([N+](=O)[O-])c1.O=[N+]([O-])c1cc(-c2cn(-c3c(Cl)cc(C(F)(C(F)(F)F)C(F)(F)C(F)(F)F)cc3Cl)nn2)ccc1F.[N-]=[N+]=Nc1c(Cl)cc(C(F)(C(F)(F)F)C(F)(F)C(F)(F)F)cc1Cl. The van der Waals surface area contributed by atoms with Gasteiger partial charge in [-0.05, 0) is 54.1 Å². The Morgan fingerprint density at radius 1 is 0.611 bits per heavy atom. The number of alkyl halides is 18. The topological polar surface area (TPSA) is 166 Å². The van der Waals surface area contributed by atoms with Gasteiger partial charge in [-0.25, -0.2) is 13.5 Å². The molecule has 0 saturated carbocycles. The van der Waals surface area contributed by atoms with Gasteiger partial charge < -0.3 is 0 Å². The maximum atomic E-state index is 14.7. The van der Waals surface area contributed by atoms with Crippen LogP contribution in [0, 0.1) is 44.2 Å². The van der Waals surface area contributed by atoms with Gasteiger partial charge in [-0.15, -0.1) is 11.5 Å². The zero-order valence-corrected chi connectivity index (χ0v) is 36.2. The van der Waals surface area contributed by atoms with E-state index in [2.05, 4.69) is 26.3 Å². The van der Waals surface area contributed by atoms with Crippen molar-refractivity contribution < 1.29 is 97.7 Å². The Hall–Kier alpha value is -6.55. The third kappa shape index (κ3) is 11.4. The highest BCUT2D eigenvalue weighted by molar-refractivity contribution is 6.39. The molecule has 0 radical (unpaired) electrons. The highest BCUT2D eigenvalue weighted by Gasteiger charge is 2.83. The van der Waals surface area contributed by atoms with Crippen molar-refractivity contribution in [1.82, 2.24) is 15.0 Å². The molecule has 0 fully saturated rings. The molecule has 12 nitrogen and oxygen atoms in total. The first-order valence-corrected chi connectivity index (χ1v) is 18.8. The van der Waals surface area contributed by atoms with E-state index in [9.17, 15) is 108 Å². The van der Waals surface area contributed by atoms with E-state index < -0.39 is 123 Å². The molecule has 0 bridgehead atoms. The van der Waals surface area contributed by atoms with E-state index in [4.69, 9.17) is 58.4 Å². The second kappa shape index (κ2) is 20.9. The van der Waals surface area contributed by atoms with Gasteiger partial charge in [-0.1, -0.05) is 62.7 Å². The minimum absolute atomic E-state index is 0.0807. The Morgan fingerprint density at radius 3 is 1.36 bits per heavy atom. The molecule has 4 aromatic carbocycles. The molecule has 5 aromatic rings. The van der Waals surface area contributed by atoms with Gasteiger partial charge in [0, 0.05) is 39.3 Å². The van der Waals surface area contributed by atoms with Crippen molar-refractivity contribution in [2.75, 3.05) is 0 Å². The van der Waals surface area contributed by atoms with Crippen LogP contribution >= 0.6 is 46.4 Å². The van der Waals surface area contributed by atoms with Crippen LogP contribution in [0.3, 0.4) is 0 Å². The summed E-state index contributed by atoms with van der Waals surface area (Å²) in [5, 5.41) is 26.8. The fraction of sp³-hybridized carbons (Fsp3) is 0.222. The number of halogens is 24. The molecule has 0 spiro atoms. The van der Waals surface area contributed by atoms with Gasteiger partial charge in [0.25, 0.3) is 0 Å². The zero-order valence-electron chi connectivity index (χ0n) is 33.2. The average molecular weight is 1140 g/mol. The molecule has 0 amide bonds. The van der Waals surface area contributed by atoms with Crippen LogP contribution in [0.5, 0.6) is 0 Å². The molecule has 0 aliphatic carbocycles. The second-order valence-electron chi connectivity index (χ2n) is 13.3. The largest absolute Gasteiger partial charge is 0.457 e. The number of hydrogen-bond acceptors (Lipinski definition) is 7. The van der Waals surface area contributed by atoms with E-state index in [-0.39, 0.29) is 35.5 Å². The lowest BCUT2D eigenvalue weighted by atomic mass is 9.87. The van der Waals surface area contributed by atoms with Gasteiger partial charge >= 0.3 is 59.3 Å². The molecule has 36 heteroatoms. The molecule has 72 heavy (non-hydrogen) atoms. The van der Waals surface area contributed by atoms with Crippen molar-refractivity contribution in [3.63, 3.8) is 0 Å². The monoisotopic (exact) mass is 1140 g/mol. The Labute approximate surface area is 403 Å². The van der Waals surface area contributed by atoms with Crippen LogP contribution in [0.2, 0.25) is 20.1 Å². The van der Waals surface area contributed by atoms with E-state index in [1.54, 1.807) is 0 Å². The number of nitro groups is 2. The van der Waals surface area contributed by atoms with E-state index in [0.717, 1.165) is 36.5 Å². The van der Waals surface area contributed by atoms with Crippen LogP contribution in [0.1, 0.15) is 16.7 Å². The number of nitrogens with zero attached hydrogens (tertiary/aromatic N) is 8. The number of azide groups is 1. The fourth-order valence-electron chi connectivity index (χ4n) is 5.38. The lowest BCUT2D eigenvalue weighted by Gasteiger charge is -2.36. The standard InChI is InChI=1S/C18H6Cl2F10N4O2.C10H2Cl2F9N3.C8H4FNO2/c19-9-4-8(15(22,17(25,26)27)16(23,24)18(28,29)30)5-10(20)14(9)33-6-12(31-32-33)7-1-2-11(21)13(3-7)34(35)36;11-4-1-3(2-5(12)6(4)23-24-22)7(13,9(16,17)18)8(14,15)10(19,20)21;1-2-6-3-4-7(9)8(5-6)10(11)12/h1-6H;1-2H;1,3-5H. The van der Waals surface area contributed by atoms with Crippen LogP contribution < -0.4 is 0 Å². The normalized spacial score (nSPS) is 14.0. The minimum atomic E-state index is -6.95. The first-order valence-electron chi connectivity index (χ1n) is 17.3. The Morgan fingerprint density at radius 2 is 1.00 bits per heavy atom. The minimum Gasteiger partial charge on any atom is -0.258 e. The summed E-state index contributed by atoms with van der Waals surface area (Å²) in [6.07, 6.45) is -21.4. The summed E-state index contributed by atoms with van der Waals surface area (Å²) in [5.41, 5.74) is -11.6. The summed E-state index contributed by atoms with van der Waals surface area (Å²) in [6.45, 7) is 0. The van der Waals surface area contributed by atoms with Crippen LogP contribution in [0.4, 0.5) is 105 Å². The summed E-state index contributed by atoms with van der Waals surface area (Å²) in [4.78, 5) is 21.4. The predicted octanol–water partition coefficient (Wildman–Crippen LogP) is 15.8. The highest BCUT2D eigenvalue weighted by Crippen LogP contribution is 2.60. The van der Waals surface area contributed by atoms with Gasteiger partial charge in [0.15, 0.2) is 0 Å². The van der Waals surface area contributed by atoms with Crippen molar-refractivity contribution in [2.24, 2.45) is 5.11 Å². The predicted molar refractivity (Wildman–Crippen MR) is 209 cm³/mol. The molecule has 0 N–H and O–H groups in total. The Balaban J connectivity index is 0.000000325. The summed E-state index contributed by atoms with van der Waals surface area (Å²) in [6, 6.07) is 5.21. The molecular formula is C36H12Cl4F20N8O4. The van der Waals surface area contributed by atoms with Crippen LogP contribution in [0.15, 0.2) is 72.0 Å². The number of rotatable bonds is 9. The number of terminal acetylenes is 1. The number of hydrogen-bond donors (Lipinski definition) is 0. The van der Waals surface area contributed by atoms with Crippen LogP contribution in [-0.2, 0) is 11.3 Å². The number of benzene rings is 4. The summed E-state index contributed by atoms with van der Waals surface area (Å²) >= 11 is 22.2. The molecule has 0 saturated heterocycles. The maximum Gasteiger partial charge on any atom is 0.457 e. The van der Waals surface area contributed by atoms with E-state index in [1.165, 1.54) is 6.07 Å². The summed E-state index contributed by atoms with van der Waals surface area (Å²) < 4.78 is 263. The molecule has 2 atom stereocenters. The molecule has 388 valence electrons. The van der Waals surface area contributed by atoms with E-state index >= 15 is 0 Å². The Kier molecular flexibility index (Phi) is 17.3. The number of aromatic nitrogens is 3. The zero-order chi connectivity index (χ0) is 55.7. The highest BCUT2D eigenvalue weighted by atomic mass is 35.5. The second-order valence-corrected chi connectivity index (χ2v) is 14.9. The van der Waals surface area contributed by atoms with E-state index in [0.29, 0.717) is 10.2 Å². The molecule has 0 aliphatic heterocycles.